The summed E-state index contributed by atoms with van der Waals surface area (Å²) < 4.78 is 26.8. The Bertz CT molecular complexity index is 122. The topological polar surface area (TPSA) is 26.3 Å². The lowest BCUT2D eigenvalue weighted by molar-refractivity contribution is -0.141. The van der Waals surface area contributed by atoms with Crippen LogP contribution in [-0.4, -0.2) is 19.3 Å². The van der Waals surface area contributed by atoms with Crippen molar-refractivity contribution in [3.63, 3.8) is 0 Å². The number of ether oxygens (including phenoxy) is 1. The minimum atomic E-state index is -1.21. The lowest BCUT2D eigenvalue weighted by Crippen LogP contribution is -2.06. The van der Waals surface area contributed by atoms with Crippen LogP contribution < -0.4 is 0 Å². The first-order chi connectivity index (χ1) is 4.18. The van der Waals surface area contributed by atoms with Crippen LogP contribution in [0.3, 0.4) is 0 Å². The fourth-order valence-corrected chi connectivity index (χ4v) is 0.210. The van der Waals surface area contributed by atoms with Gasteiger partial charge < -0.3 is 4.74 Å². The fourth-order valence-electron chi connectivity index (χ4n) is 0.210. The van der Waals surface area contributed by atoms with E-state index in [1.54, 1.807) is 0 Å². The van der Waals surface area contributed by atoms with Gasteiger partial charge in [-0.15, -0.1) is 0 Å². The molecule has 0 rings (SSSR count). The summed E-state index contributed by atoms with van der Waals surface area (Å²) in [4.78, 5) is 10.0. The average Bonchev–Trinajstić information content (AvgIpc) is 1.82. The molecule has 0 atom stereocenters. The zero-order valence-electron chi connectivity index (χ0n) is 4.69. The predicted octanol–water partition coefficient (Wildman–Crippen LogP) is 0.982. The van der Waals surface area contributed by atoms with Gasteiger partial charge in [-0.2, -0.15) is 4.39 Å². The highest BCUT2D eigenvalue weighted by Crippen LogP contribution is 1.93. The molecule has 9 heavy (non-hydrogen) atoms. The predicted molar refractivity (Wildman–Crippen MR) is 27.2 cm³/mol. The third kappa shape index (κ3) is 3.64. The number of hydrogen-bond donors (Lipinski definition) is 0. The molecule has 0 spiro atoms. The molecular weight excluding hydrogens is 130 g/mol. The van der Waals surface area contributed by atoms with E-state index in [1.807, 2.05) is 0 Å². The normalized spacial score (nSPS) is 8.67. The van der Waals surface area contributed by atoms with Gasteiger partial charge in [-0.3, -0.25) is 0 Å². The molecule has 4 heteroatoms. The van der Waals surface area contributed by atoms with Crippen LogP contribution in [0.1, 0.15) is 0 Å². The average molecular weight is 136 g/mol. The van der Waals surface area contributed by atoms with Crippen LogP contribution in [0.5, 0.6) is 0 Å². The Balaban J connectivity index is 3.39. The Morgan fingerprint density at radius 3 is 2.56 bits per heavy atom. The first kappa shape index (κ1) is 8.07. The summed E-state index contributed by atoms with van der Waals surface area (Å²) in [5, 5.41) is 0. The minimum absolute atomic E-state index is 0.415. The molecule has 52 valence electrons. The number of halogens is 2. The molecule has 0 amide bonds. The van der Waals surface area contributed by atoms with Gasteiger partial charge in [0, 0.05) is 0 Å². The van der Waals surface area contributed by atoms with Crippen molar-refractivity contribution in [3.05, 3.63) is 12.4 Å². The monoisotopic (exact) mass is 136 g/mol. The quantitative estimate of drug-likeness (QED) is 0.427. The smallest absolute Gasteiger partial charge is 0.366 e. The summed E-state index contributed by atoms with van der Waals surface area (Å²) in [5.74, 6) is -2.41. The van der Waals surface area contributed by atoms with Gasteiger partial charge in [0.2, 0.25) is 5.83 Å². The Morgan fingerprint density at radius 1 is 1.67 bits per heavy atom. The second kappa shape index (κ2) is 4.00. The van der Waals surface area contributed by atoms with Crippen LogP contribution in [0.15, 0.2) is 12.4 Å². The molecule has 0 aliphatic rings. The third-order valence-electron chi connectivity index (χ3n) is 0.532. The van der Waals surface area contributed by atoms with Gasteiger partial charge in [0.15, 0.2) is 0 Å². The molecular formula is C5H6F2O2. The highest BCUT2D eigenvalue weighted by molar-refractivity contribution is 5.85. The van der Waals surface area contributed by atoms with Crippen molar-refractivity contribution in [2.24, 2.45) is 0 Å². The Labute approximate surface area is 51.1 Å². The standard InChI is InChI=1S/C5H6F2O2/c1-4(7)5(8)9-3-2-6/h1-3H2. The van der Waals surface area contributed by atoms with E-state index in [0.717, 1.165) is 0 Å². The van der Waals surface area contributed by atoms with Crippen molar-refractivity contribution in [3.8, 4) is 0 Å². The molecule has 0 aliphatic heterocycles. The Kier molecular flexibility index (Phi) is 3.59. The van der Waals surface area contributed by atoms with E-state index in [0.29, 0.717) is 0 Å². The molecule has 0 heterocycles. The van der Waals surface area contributed by atoms with Crippen molar-refractivity contribution in [1.82, 2.24) is 0 Å². The number of hydrogen-bond acceptors (Lipinski definition) is 2. The summed E-state index contributed by atoms with van der Waals surface area (Å²) >= 11 is 0. The maximum absolute atomic E-state index is 11.6. The second-order valence-corrected chi connectivity index (χ2v) is 1.23. The van der Waals surface area contributed by atoms with Crippen LogP contribution in [0.25, 0.3) is 0 Å². The fraction of sp³-hybridized carbons (Fsp3) is 0.400. The van der Waals surface area contributed by atoms with Gasteiger partial charge in [0.1, 0.15) is 13.3 Å². The van der Waals surface area contributed by atoms with Gasteiger partial charge >= 0.3 is 5.97 Å². The molecule has 0 aromatic heterocycles. The lowest BCUT2D eigenvalue weighted by atomic mass is 10.6. The number of alkyl halides is 1. The molecule has 0 radical (unpaired) electrons. The molecule has 0 saturated carbocycles. The summed E-state index contributed by atoms with van der Waals surface area (Å²) in [6.07, 6.45) is 0. The van der Waals surface area contributed by atoms with Gasteiger partial charge in [-0.1, -0.05) is 6.58 Å². The van der Waals surface area contributed by atoms with Crippen molar-refractivity contribution >= 4 is 5.97 Å². The number of esters is 1. The Morgan fingerprint density at radius 2 is 2.22 bits per heavy atom. The van der Waals surface area contributed by atoms with E-state index in [2.05, 4.69) is 11.3 Å². The molecule has 0 fully saturated rings. The molecule has 0 aromatic carbocycles. The first-order valence-corrected chi connectivity index (χ1v) is 2.26. The SMILES string of the molecule is C=C(F)C(=O)OCCF. The van der Waals surface area contributed by atoms with Crippen molar-refractivity contribution < 1.29 is 18.3 Å². The van der Waals surface area contributed by atoms with Crippen LogP contribution in [0.4, 0.5) is 8.78 Å². The van der Waals surface area contributed by atoms with Crippen molar-refractivity contribution in [2.75, 3.05) is 13.3 Å². The maximum Gasteiger partial charge on any atom is 0.366 e. The van der Waals surface area contributed by atoms with Crippen LogP contribution in [0.2, 0.25) is 0 Å². The van der Waals surface area contributed by atoms with E-state index in [4.69, 9.17) is 0 Å². The summed E-state index contributed by atoms with van der Waals surface area (Å²) in [6, 6.07) is 0. The van der Waals surface area contributed by atoms with E-state index in [1.165, 1.54) is 0 Å². The minimum Gasteiger partial charge on any atom is -0.458 e. The zero-order chi connectivity index (χ0) is 7.28. The highest BCUT2D eigenvalue weighted by atomic mass is 19.1. The highest BCUT2D eigenvalue weighted by Gasteiger charge is 2.04. The number of carbonyl (C=O) groups excluding carboxylic acids is 1. The molecule has 0 N–H and O–H groups in total. The van der Waals surface area contributed by atoms with Gasteiger partial charge in [0.25, 0.3) is 0 Å². The largest absolute Gasteiger partial charge is 0.458 e. The number of rotatable bonds is 3. The maximum atomic E-state index is 11.6. The van der Waals surface area contributed by atoms with Crippen LogP contribution in [0, 0.1) is 0 Å². The van der Waals surface area contributed by atoms with Crippen molar-refractivity contribution in [2.45, 2.75) is 0 Å². The molecule has 0 aromatic rings. The van der Waals surface area contributed by atoms with E-state index < -0.39 is 25.1 Å². The summed E-state index contributed by atoms with van der Waals surface area (Å²) in [7, 11) is 0. The number of carbonyl (C=O) groups is 1. The zero-order valence-corrected chi connectivity index (χ0v) is 4.69. The van der Waals surface area contributed by atoms with E-state index >= 15 is 0 Å². The molecule has 2 nitrogen and oxygen atoms in total. The van der Waals surface area contributed by atoms with Gasteiger partial charge in [-0.05, 0) is 0 Å². The molecule has 0 unspecified atom stereocenters. The molecule has 0 bridgehead atoms. The molecule has 0 aliphatic carbocycles. The lowest BCUT2D eigenvalue weighted by Gasteiger charge is -1.95. The van der Waals surface area contributed by atoms with Gasteiger partial charge in [0.05, 0.1) is 0 Å². The van der Waals surface area contributed by atoms with Crippen LogP contribution >= 0.6 is 0 Å². The van der Waals surface area contributed by atoms with Crippen LogP contribution in [-0.2, 0) is 9.53 Å². The third-order valence-corrected chi connectivity index (χ3v) is 0.532. The summed E-state index contributed by atoms with van der Waals surface area (Å²) in [6.45, 7) is 1.42. The molecule has 0 saturated heterocycles. The van der Waals surface area contributed by atoms with E-state index in [9.17, 15) is 13.6 Å². The summed E-state index contributed by atoms with van der Waals surface area (Å²) in [5.41, 5.74) is 0. The first-order valence-electron chi connectivity index (χ1n) is 2.26. The Hall–Kier alpha value is -0.930. The van der Waals surface area contributed by atoms with Gasteiger partial charge in [-0.25, -0.2) is 9.18 Å². The van der Waals surface area contributed by atoms with Crippen molar-refractivity contribution in [1.29, 1.82) is 0 Å². The second-order valence-electron chi connectivity index (χ2n) is 1.23. The van der Waals surface area contributed by atoms with E-state index in [-0.39, 0.29) is 0 Å².